The Hall–Kier alpha value is -4.53. The van der Waals surface area contributed by atoms with Gasteiger partial charge in [0.05, 0.1) is 24.2 Å². The molecule has 4 N–H and O–H groups in total. The summed E-state index contributed by atoms with van der Waals surface area (Å²) in [5.41, 5.74) is -1.36. The number of ketones is 1. The quantitative estimate of drug-likeness (QED) is 0.132. The highest BCUT2D eigenvalue weighted by molar-refractivity contribution is 6.38. The summed E-state index contributed by atoms with van der Waals surface area (Å²) in [5.74, 6) is -4.93. The van der Waals surface area contributed by atoms with Gasteiger partial charge in [0.2, 0.25) is 17.6 Å². The molecule has 0 aliphatic carbocycles. The zero-order chi connectivity index (χ0) is 42.9. The summed E-state index contributed by atoms with van der Waals surface area (Å²) < 4.78 is 17.1. The number of hydrogen-bond donors (Lipinski definition) is 4. The molecule has 2 saturated heterocycles. The van der Waals surface area contributed by atoms with Crippen LogP contribution in [0.25, 0.3) is 0 Å². The lowest BCUT2D eigenvalue weighted by Gasteiger charge is -2.37. The molecule has 3 rings (SSSR count). The number of ether oxygens (including phenoxy) is 3. The maximum Gasteiger partial charge on any atom is 0.329 e. The summed E-state index contributed by atoms with van der Waals surface area (Å²) in [6.45, 7) is 19.7. The van der Waals surface area contributed by atoms with Crippen LogP contribution in [0.15, 0.2) is 30.3 Å². The molecule has 57 heavy (non-hydrogen) atoms. The molecule has 2 heterocycles. The molecule has 2 aliphatic rings. The number of unbranched alkanes of at least 4 members (excludes halogenated alkanes) is 1. The molecule has 0 bridgehead atoms. The highest BCUT2D eigenvalue weighted by Crippen LogP contribution is 2.43. The van der Waals surface area contributed by atoms with Crippen molar-refractivity contribution in [1.82, 2.24) is 26.2 Å². The number of esters is 2. The number of nitrogens with one attached hydrogen (secondary N) is 4. The molecule has 0 aromatic heterocycles. The number of carbonyl (C=O) groups excluding carboxylic acids is 7. The monoisotopic (exact) mass is 799 g/mol. The van der Waals surface area contributed by atoms with Crippen LogP contribution in [-0.2, 0) is 49.6 Å². The number of benzene rings is 1. The molecular weight excluding hydrogens is 734 g/mol. The van der Waals surface area contributed by atoms with Crippen LogP contribution in [0.4, 0.5) is 4.79 Å². The largest absolute Gasteiger partial charge is 0.460 e. The third-order valence-corrected chi connectivity index (χ3v) is 9.90. The first-order chi connectivity index (χ1) is 26.4. The van der Waals surface area contributed by atoms with Gasteiger partial charge in [-0.25, -0.2) is 9.59 Å². The molecule has 6 atom stereocenters. The Morgan fingerprint density at radius 3 is 2.18 bits per heavy atom. The predicted octanol–water partition coefficient (Wildman–Crippen LogP) is 3.95. The second kappa shape index (κ2) is 19.8. The van der Waals surface area contributed by atoms with Crippen molar-refractivity contribution in [1.29, 1.82) is 0 Å². The normalized spacial score (nSPS) is 20.4. The van der Waals surface area contributed by atoms with Gasteiger partial charge in [0.25, 0.3) is 5.91 Å². The first-order valence-corrected chi connectivity index (χ1v) is 20.0. The fraction of sp³-hybridized carbons (Fsp3) is 0.690. The Morgan fingerprint density at radius 1 is 0.947 bits per heavy atom. The number of hydrogen-bond acceptors (Lipinski definition) is 10. The van der Waals surface area contributed by atoms with Crippen molar-refractivity contribution in [2.75, 3.05) is 13.1 Å². The van der Waals surface area contributed by atoms with Crippen LogP contribution in [0, 0.1) is 17.3 Å². The number of urea groups is 1. The molecule has 5 amide bonds. The lowest BCUT2D eigenvalue weighted by Crippen LogP contribution is -2.62. The lowest BCUT2D eigenvalue weighted by molar-refractivity contribution is -0.155. The van der Waals surface area contributed by atoms with Gasteiger partial charge in [-0.1, -0.05) is 84.7 Å². The maximum atomic E-state index is 14.6. The molecule has 0 saturated carbocycles. The van der Waals surface area contributed by atoms with Gasteiger partial charge >= 0.3 is 18.0 Å². The zero-order valence-corrected chi connectivity index (χ0v) is 35.6. The number of likely N-dealkylation sites (tertiary alicyclic amines) is 1. The first-order valence-electron chi connectivity index (χ1n) is 20.0. The van der Waals surface area contributed by atoms with E-state index in [-0.39, 0.29) is 38.5 Å². The number of Topliss-reactive ketones (excluding diaryl/α,β-unsaturated/α-hetero) is 1. The number of nitrogens with zero attached hydrogens (tertiary/aromatic N) is 1. The van der Waals surface area contributed by atoms with Gasteiger partial charge in [0.1, 0.15) is 30.3 Å². The minimum absolute atomic E-state index is 0.0264. The van der Waals surface area contributed by atoms with E-state index in [1.807, 2.05) is 51.1 Å². The number of carbonyl (C=O) groups is 7. The molecule has 1 unspecified atom stereocenters. The molecule has 2 aliphatic heterocycles. The van der Waals surface area contributed by atoms with Crippen molar-refractivity contribution >= 4 is 41.5 Å². The van der Waals surface area contributed by atoms with Crippen molar-refractivity contribution in [3.8, 4) is 0 Å². The highest BCUT2D eigenvalue weighted by Gasteiger charge is 2.57. The average molecular weight is 800 g/mol. The minimum Gasteiger partial charge on any atom is -0.460 e. The second-order valence-corrected chi connectivity index (χ2v) is 18.1. The molecule has 0 radical (unpaired) electrons. The summed E-state index contributed by atoms with van der Waals surface area (Å²) in [5, 5.41) is 10.7. The molecule has 15 heteroatoms. The smallest absolute Gasteiger partial charge is 0.329 e. The molecule has 2 fully saturated rings. The van der Waals surface area contributed by atoms with E-state index in [0.29, 0.717) is 19.3 Å². The van der Waals surface area contributed by atoms with E-state index in [9.17, 15) is 33.6 Å². The lowest BCUT2D eigenvalue weighted by atomic mass is 9.85. The van der Waals surface area contributed by atoms with E-state index < -0.39 is 94.3 Å². The van der Waals surface area contributed by atoms with Gasteiger partial charge in [0, 0.05) is 19.0 Å². The Labute approximate surface area is 337 Å². The zero-order valence-electron chi connectivity index (χ0n) is 35.6. The summed E-state index contributed by atoms with van der Waals surface area (Å²) in [6, 6.07) is 3.94. The van der Waals surface area contributed by atoms with Crippen LogP contribution in [0.3, 0.4) is 0 Å². The Bertz CT molecular complexity index is 1600. The summed E-state index contributed by atoms with van der Waals surface area (Å²) in [6.07, 6.45) is 1.18. The molecule has 15 nitrogen and oxygen atoms in total. The van der Waals surface area contributed by atoms with Crippen LogP contribution in [0.1, 0.15) is 114 Å². The number of fused-ring (bicyclic) bond motifs is 1. The maximum absolute atomic E-state index is 14.6. The summed E-state index contributed by atoms with van der Waals surface area (Å²) >= 11 is 0. The standard InChI is InChI=1S/C42H65N5O10/c1-12-13-19-28(33(49)36(51)43-21-20-30(48)57-41(7,8)9)44-35(50)32-27-22-42(10,11)56-29(27)23-47(32)37(52)34(40(4,5)6)46-39(54)45-31(25(2)3)38(53)55-24-26-17-15-14-16-18-26/h14-18,25,27-29,31-32,34H,12-13,19-24H2,1-11H3,(H,43,51)(H,44,50)(H2,45,46,54)/t27-,28?,29-,31-,32-,34+/m0/s1. The van der Waals surface area contributed by atoms with Crippen LogP contribution in [0.5, 0.6) is 0 Å². The number of rotatable bonds is 17. The van der Waals surface area contributed by atoms with Crippen molar-refractivity contribution in [3.05, 3.63) is 35.9 Å². The van der Waals surface area contributed by atoms with Gasteiger partial charge < -0.3 is 40.4 Å². The SMILES string of the molecule is CCCCC(NC(=O)[C@@H]1[C@H]2CC(C)(C)O[C@H]2CN1C(=O)[C@@H](NC(=O)N[C@H](C(=O)OCc1ccccc1)C(C)C)C(C)(C)C)C(=O)C(=O)NCCC(=O)OC(C)(C)C. The summed E-state index contributed by atoms with van der Waals surface area (Å²) in [4.78, 5) is 95.6. The van der Waals surface area contributed by atoms with E-state index in [0.717, 1.165) is 5.56 Å². The second-order valence-electron chi connectivity index (χ2n) is 18.1. The van der Waals surface area contributed by atoms with E-state index in [1.165, 1.54) is 4.90 Å². The van der Waals surface area contributed by atoms with E-state index in [2.05, 4.69) is 21.3 Å². The van der Waals surface area contributed by atoms with Crippen LogP contribution in [0.2, 0.25) is 0 Å². The third-order valence-electron chi connectivity index (χ3n) is 9.90. The highest BCUT2D eigenvalue weighted by atomic mass is 16.6. The van der Waals surface area contributed by atoms with Crippen LogP contribution >= 0.6 is 0 Å². The van der Waals surface area contributed by atoms with Gasteiger partial charge in [0.15, 0.2) is 0 Å². The molecule has 1 aromatic carbocycles. The topological polar surface area (TPSA) is 199 Å². The van der Waals surface area contributed by atoms with Gasteiger partial charge in [-0.15, -0.1) is 0 Å². The van der Waals surface area contributed by atoms with Crippen molar-refractivity contribution in [3.63, 3.8) is 0 Å². The first kappa shape index (κ1) is 46.8. The van der Waals surface area contributed by atoms with E-state index >= 15 is 0 Å². The van der Waals surface area contributed by atoms with Gasteiger partial charge in [-0.3, -0.25) is 24.0 Å². The molecule has 318 valence electrons. The molecule has 1 aromatic rings. The van der Waals surface area contributed by atoms with Gasteiger partial charge in [-0.05, 0) is 64.4 Å². The summed E-state index contributed by atoms with van der Waals surface area (Å²) in [7, 11) is 0. The fourth-order valence-electron chi connectivity index (χ4n) is 7.13. The minimum atomic E-state index is -1.19. The third kappa shape index (κ3) is 13.8. The Morgan fingerprint density at radius 2 is 1.60 bits per heavy atom. The molecular formula is C42H65N5O10. The Kier molecular flexibility index (Phi) is 16.2. The number of amides is 5. The Balaban J connectivity index is 1.80. The van der Waals surface area contributed by atoms with Crippen LogP contribution in [-0.4, -0.2) is 101 Å². The van der Waals surface area contributed by atoms with E-state index in [4.69, 9.17) is 14.2 Å². The van der Waals surface area contributed by atoms with Crippen molar-refractivity contribution in [2.24, 2.45) is 17.3 Å². The average Bonchev–Trinajstić information content (AvgIpc) is 3.60. The van der Waals surface area contributed by atoms with E-state index in [1.54, 1.807) is 55.4 Å². The van der Waals surface area contributed by atoms with Crippen molar-refractivity contribution < 1.29 is 47.8 Å². The van der Waals surface area contributed by atoms with Gasteiger partial charge in [-0.2, -0.15) is 0 Å². The molecule has 0 spiro atoms. The van der Waals surface area contributed by atoms with Crippen LogP contribution < -0.4 is 21.3 Å². The predicted molar refractivity (Wildman–Crippen MR) is 212 cm³/mol. The fourth-order valence-corrected chi connectivity index (χ4v) is 7.13. The van der Waals surface area contributed by atoms with Crippen molar-refractivity contribution in [2.45, 2.75) is 156 Å².